The molecule has 8 heteroatoms. The number of anilines is 3. The summed E-state index contributed by atoms with van der Waals surface area (Å²) < 4.78 is 11.2. The number of fused-ring (bicyclic) bond motifs is 1. The molecule has 0 spiro atoms. The van der Waals surface area contributed by atoms with Crippen LogP contribution in [0.4, 0.5) is 17.5 Å². The van der Waals surface area contributed by atoms with Gasteiger partial charge >= 0.3 is 0 Å². The molecule has 2 aliphatic heterocycles. The number of piperazine rings is 1. The fourth-order valence-electron chi connectivity index (χ4n) is 3.06. The quantitative estimate of drug-likeness (QED) is 0.897. The Labute approximate surface area is 151 Å². The minimum absolute atomic E-state index is 0.111. The minimum atomic E-state index is 0.111. The number of amides is 1. The topological polar surface area (TPSA) is 79.8 Å². The van der Waals surface area contributed by atoms with E-state index in [0.29, 0.717) is 38.1 Å². The molecule has 0 radical (unpaired) electrons. The van der Waals surface area contributed by atoms with Crippen molar-refractivity contribution >= 4 is 23.4 Å². The summed E-state index contributed by atoms with van der Waals surface area (Å²) in [6.45, 7) is 5.58. The molecule has 0 atom stereocenters. The molecule has 2 aromatic rings. The summed E-state index contributed by atoms with van der Waals surface area (Å²) in [6, 6.07) is 7.55. The van der Waals surface area contributed by atoms with Gasteiger partial charge in [-0.1, -0.05) is 0 Å². The molecule has 136 valence electrons. The molecule has 1 amide bonds. The van der Waals surface area contributed by atoms with Crippen LogP contribution in [0.15, 0.2) is 30.5 Å². The van der Waals surface area contributed by atoms with Gasteiger partial charge in [-0.3, -0.25) is 4.79 Å². The Hall–Kier alpha value is -3.03. The highest BCUT2D eigenvalue weighted by Crippen LogP contribution is 2.33. The van der Waals surface area contributed by atoms with E-state index < -0.39 is 0 Å². The zero-order valence-corrected chi connectivity index (χ0v) is 14.6. The van der Waals surface area contributed by atoms with Gasteiger partial charge in [-0.15, -0.1) is 0 Å². The number of hydrogen-bond acceptors (Lipinski definition) is 7. The maximum atomic E-state index is 11.4. The lowest BCUT2D eigenvalue weighted by Gasteiger charge is -2.34. The molecule has 3 heterocycles. The summed E-state index contributed by atoms with van der Waals surface area (Å²) >= 11 is 0. The van der Waals surface area contributed by atoms with E-state index in [1.807, 2.05) is 29.2 Å². The van der Waals surface area contributed by atoms with Crippen LogP contribution in [0.2, 0.25) is 0 Å². The van der Waals surface area contributed by atoms with Crippen molar-refractivity contribution in [2.45, 2.75) is 6.92 Å². The Kier molecular flexibility index (Phi) is 4.47. The summed E-state index contributed by atoms with van der Waals surface area (Å²) in [5.74, 6) is 2.97. The van der Waals surface area contributed by atoms with Gasteiger partial charge in [-0.2, -0.15) is 4.98 Å². The van der Waals surface area contributed by atoms with Crippen molar-refractivity contribution in [1.82, 2.24) is 14.9 Å². The molecule has 2 aliphatic rings. The van der Waals surface area contributed by atoms with Crippen molar-refractivity contribution in [3.8, 4) is 11.5 Å². The van der Waals surface area contributed by atoms with Gasteiger partial charge in [0.1, 0.15) is 19.0 Å². The van der Waals surface area contributed by atoms with Crippen LogP contribution in [0.25, 0.3) is 0 Å². The van der Waals surface area contributed by atoms with E-state index in [-0.39, 0.29) is 5.91 Å². The van der Waals surface area contributed by atoms with Crippen molar-refractivity contribution in [3.63, 3.8) is 0 Å². The number of nitrogens with one attached hydrogen (secondary N) is 1. The summed E-state index contributed by atoms with van der Waals surface area (Å²) in [6.07, 6.45) is 1.74. The Morgan fingerprint density at radius 2 is 1.85 bits per heavy atom. The molecule has 1 aromatic carbocycles. The molecule has 26 heavy (non-hydrogen) atoms. The Morgan fingerprint density at radius 3 is 2.62 bits per heavy atom. The molecular formula is C18H21N5O3. The average Bonchev–Trinajstić information content (AvgIpc) is 2.68. The van der Waals surface area contributed by atoms with Crippen molar-refractivity contribution in [2.75, 3.05) is 49.6 Å². The standard InChI is InChI=1S/C18H21N5O3/c1-13(24)22-6-8-23(9-7-22)18-19-5-4-17(21-18)20-14-2-3-15-16(12-14)26-11-10-25-15/h2-5,12H,6-11H2,1H3,(H,19,20,21). The second-order valence-corrected chi connectivity index (χ2v) is 6.22. The van der Waals surface area contributed by atoms with Crippen LogP contribution in [-0.4, -0.2) is 60.2 Å². The highest BCUT2D eigenvalue weighted by atomic mass is 16.6. The van der Waals surface area contributed by atoms with Gasteiger partial charge in [-0.05, 0) is 18.2 Å². The smallest absolute Gasteiger partial charge is 0.227 e. The van der Waals surface area contributed by atoms with E-state index in [0.717, 1.165) is 30.3 Å². The van der Waals surface area contributed by atoms with E-state index in [4.69, 9.17) is 9.47 Å². The van der Waals surface area contributed by atoms with Crippen LogP contribution in [0.5, 0.6) is 11.5 Å². The van der Waals surface area contributed by atoms with Crippen LogP contribution >= 0.6 is 0 Å². The van der Waals surface area contributed by atoms with Crippen LogP contribution in [-0.2, 0) is 4.79 Å². The number of nitrogens with zero attached hydrogens (tertiary/aromatic N) is 4. The molecule has 0 saturated carbocycles. The second kappa shape index (κ2) is 7.07. The summed E-state index contributed by atoms with van der Waals surface area (Å²) in [5.41, 5.74) is 0.875. The van der Waals surface area contributed by atoms with Gasteiger partial charge < -0.3 is 24.6 Å². The molecule has 0 unspecified atom stereocenters. The van der Waals surface area contributed by atoms with E-state index in [1.165, 1.54) is 0 Å². The molecule has 1 N–H and O–H groups in total. The van der Waals surface area contributed by atoms with E-state index >= 15 is 0 Å². The van der Waals surface area contributed by atoms with Crippen LogP contribution in [0, 0.1) is 0 Å². The van der Waals surface area contributed by atoms with E-state index in [2.05, 4.69) is 20.2 Å². The summed E-state index contributed by atoms with van der Waals surface area (Å²) in [7, 11) is 0. The first kappa shape index (κ1) is 16.4. The molecular weight excluding hydrogens is 334 g/mol. The fourth-order valence-corrected chi connectivity index (χ4v) is 3.06. The lowest BCUT2D eigenvalue weighted by Crippen LogP contribution is -2.48. The largest absolute Gasteiger partial charge is 0.486 e. The molecule has 4 rings (SSSR count). The van der Waals surface area contributed by atoms with Crippen molar-refractivity contribution in [3.05, 3.63) is 30.5 Å². The summed E-state index contributed by atoms with van der Waals surface area (Å²) in [4.78, 5) is 24.4. The highest BCUT2D eigenvalue weighted by Gasteiger charge is 2.20. The molecule has 1 saturated heterocycles. The lowest BCUT2D eigenvalue weighted by atomic mass is 10.2. The number of carbonyl (C=O) groups is 1. The molecule has 1 aromatic heterocycles. The third-order valence-electron chi connectivity index (χ3n) is 4.47. The van der Waals surface area contributed by atoms with Gasteiger partial charge in [-0.25, -0.2) is 4.98 Å². The Morgan fingerprint density at radius 1 is 1.08 bits per heavy atom. The molecule has 8 nitrogen and oxygen atoms in total. The van der Waals surface area contributed by atoms with Crippen LogP contribution in [0.1, 0.15) is 6.92 Å². The minimum Gasteiger partial charge on any atom is -0.486 e. The maximum Gasteiger partial charge on any atom is 0.227 e. The van der Waals surface area contributed by atoms with Gasteiger partial charge in [0.05, 0.1) is 0 Å². The number of ether oxygens (including phenoxy) is 2. The highest BCUT2D eigenvalue weighted by molar-refractivity contribution is 5.73. The predicted octanol–water partition coefficient (Wildman–Crippen LogP) is 1.66. The molecule has 0 bridgehead atoms. The second-order valence-electron chi connectivity index (χ2n) is 6.22. The van der Waals surface area contributed by atoms with Crippen LogP contribution < -0.4 is 19.7 Å². The maximum absolute atomic E-state index is 11.4. The first-order chi connectivity index (χ1) is 12.7. The predicted molar refractivity (Wildman–Crippen MR) is 97.2 cm³/mol. The van der Waals surface area contributed by atoms with Gasteiger partial charge in [0, 0.05) is 51.1 Å². The normalized spacial score (nSPS) is 16.3. The van der Waals surface area contributed by atoms with Gasteiger partial charge in [0.25, 0.3) is 0 Å². The zero-order valence-electron chi connectivity index (χ0n) is 14.6. The summed E-state index contributed by atoms with van der Waals surface area (Å²) in [5, 5.41) is 3.28. The fraction of sp³-hybridized carbons (Fsp3) is 0.389. The van der Waals surface area contributed by atoms with Gasteiger partial charge in [0.15, 0.2) is 11.5 Å². The van der Waals surface area contributed by atoms with E-state index in [1.54, 1.807) is 13.1 Å². The van der Waals surface area contributed by atoms with Gasteiger partial charge in [0.2, 0.25) is 11.9 Å². The van der Waals surface area contributed by atoms with Crippen molar-refractivity contribution in [1.29, 1.82) is 0 Å². The third-order valence-corrected chi connectivity index (χ3v) is 4.47. The van der Waals surface area contributed by atoms with Crippen LogP contribution in [0.3, 0.4) is 0 Å². The number of hydrogen-bond donors (Lipinski definition) is 1. The monoisotopic (exact) mass is 355 g/mol. The first-order valence-corrected chi connectivity index (χ1v) is 8.69. The Bertz CT molecular complexity index is 805. The number of benzene rings is 1. The van der Waals surface area contributed by atoms with Crippen molar-refractivity contribution in [2.24, 2.45) is 0 Å². The lowest BCUT2D eigenvalue weighted by molar-refractivity contribution is -0.129. The number of carbonyl (C=O) groups excluding carboxylic acids is 1. The third kappa shape index (κ3) is 3.49. The first-order valence-electron chi connectivity index (χ1n) is 8.69. The number of aromatic nitrogens is 2. The molecule has 1 fully saturated rings. The average molecular weight is 355 g/mol. The zero-order chi connectivity index (χ0) is 17.9. The van der Waals surface area contributed by atoms with Crippen molar-refractivity contribution < 1.29 is 14.3 Å². The number of rotatable bonds is 3. The Balaban J connectivity index is 1.45. The van der Waals surface area contributed by atoms with E-state index in [9.17, 15) is 4.79 Å². The SMILES string of the molecule is CC(=O)N1CCN(c2nccc(Nc3ccc4c(c3)OCCO4)n2)CC1. The molecule has 0 aliphatic carbocycles.